The second-order valence-corrected chi connectivity index (χ2v) is 10.7. The highest BCUT2D eigenvalue weighted by Crippen LogP contribution is 2.30. The minimum atomic E-state index is -0.903. The molecule has 7 nitrogen and oxygen atoms in total. The molecule has 36 heavy (non-hydrogen) atoms. The van der Waals surface area contributed by atoms with E-state index in [1.807, 2.05) is 77.9 Å². The standard InChI is InChI=1S/C29H41N3O4/c1-17(2)32(27(34)22(7)30-28(35)36-29(8,9)10)25(23-15-14-18(3)16-21(23)6)26(33)31-24-19(4)12-11-13-20(24)5/h11-17,22,25H,1-10H3,(H,30,35)(H,31,33). The fourth-order valence-electron chi connectivity index (χ4n) is 4.20. The molecule has 2 unspecified atom stereocenters. The van der Waals surface area contributed by atoms with Gasteiger partial charge in [-0.05, 0) is 91.5 Å². The van der Waals surface area contributed by atoms with Gasteiger partial charge in [-0.15, -0.1) is 0 Å². The molecule has 0 saturated carbocycles. The van der Waals surface area contributed by atoms with E-state index in [9.17, 15) is 14.4 Å². The fraction of sp³-hybridized carbons (Fsp3) is 0.483. The lowest BCUT2D eigenvalue weighted by Gasteiger charge is -2.37. The smallest absolute Gasteiger partial charge is 0.408 e. The van der Waals surface area contributed by atoms with Gasteiger partial charge in [0.2, 0.25) is 5.91 Å². The van der Waals surface area contributed by atoms with Crippen molar-refractivity contribution in [3.63, 3.8) is 0 Å². The van der Waals surface area contributed by atoms with Crippen molar-refractivity contribution in [3.05, 3.63) is 64.2 Å². The van der Waals surface area contributed by atoms with E-state index in [-0.39, 0.29) is 17.9 Å². The van der Waals surface area contributed by atoms with Gasteiger partial charge in [0.1, 0.15) is 17.7 Å². The van der Waals surface area contributed by atoms with Gasteiger partial charge in [-0.25, -0.2) is 4.79 Å². The van der Waals surface area contributed by atoms with Gasteiger partial charge in [-0.3, -0.25) is 9.59 Å². The van der Waals surface area contributed by atoms with Crippen LogP contribution in [0.3, 0.4) is 0 Å². The van der Waals surface area contributed by atoms with Crippen LogP contribution in [0.5, 0.6) is 0 Å². The average molecular weight is 496 g/mol. The molecule has 0 aliphatic carbocycles. The van der Waals surface area contributed by atoms with E-state index in [0.717, 1.165) is 33.5 Å². The quantitative estimate of drug-likeness (QED) is 0.512. The first-order valence-electron chi connectivity index (χ1n) is 12.4. The highest BCUT2D eigenvalue weighted by Gasteiger charge is 2.37. The molecule has 2 N–H and O–H groups in total. The van der Waals surface area contributed by atoms with E-state index in [4.69, 9.17) is 4.74 Å². The van der Waals surface area contributed by atoms with Crippen LogP contribution in [0.25, 0.3) is 0 Å². The molecule has 7 heteroatoms. The molecule has 0 radical (unpaired) electrons. The third-order valence-corrected chi connectivity index (χ3v) is 5.89. The summed E-state index contributed by atoms with van der Waals surface area (Å²) in [5, 5.41) is 5.70. The summed E-state index contributed by atoms with van der Waals surface area (Å²) in [5.74, 6) is -0.691. The first kappa shape index (κ1) is 28.9. The summed E-state index contributed by atoms with van der Waals surface area (Å²) in [6, 6.07) is 9.52. The molecule has 0 bridgehead atoms. The number of carbonyl (C=O) groups is 3. The Kier molecular flexibility index (Phi) is 9.30. The maximum atomic E-state index is 13.9. The number of benzene rings is 2. The molecule has 2 atom stereocenters. The highest BCUT2D eigenvalue weighted by molar-refractivity contribution is 6.00. The number of anilines is 1. The molecule has 2 aromatic rings. The van der Waals surface area contributed by atoms with Crippen molar-refractivity contribution < 1.29 is 19.1 Å². The Morgan fingerprint density at radius 2 is 1.47 bits per heavy atom. The molecule has 0 spiro atoms. The van der Waals surface area contributed by atoms with Crippen LogP contribution in [0, 0.1) is 27.7 Å². The van der Waals surface area contributed by atoms with Gasteiger partial charge in [0.05, 0.1) is 0 Å². The number of carbonyl (C=O) groups excluding carboxylic acids is 3. The summed E-state index contributed by atoms with van der Waals surface area (Å²) in [4.78, 5) is 41.6. The third kappa shape index (κ3) is 7.33. The molecule has 0 saturated heterocycles. The van der Waals surface area contributed by atoms with Crippen LogP contribution in [0.4, 0.5) is 10.5 Å². The molecule has 0 aliphatic heterocycles. The Hall–Kier alpha value is -3.35. The van der Waals surface area contributed by atoms with E-state index >= 15 is 0 Å². The zero-order valence-electron chi connectivity index (χ0n) is 23.3. The summed E-state index contributed by atoms with van der Waals surface area (Å²) in [6.45, 7) is 18.4. The molecule has 2 rings (SSSR count). The van der Waals surface area contributed by atoms with E-state index in [0.29, 0.717) is 0 Å². The number of hydrogen-bond acceptors (Lipinski definition) is 4. The Balaban J connectivity index is 2.51. The zero-order valence-corrected chi connectivity index (χ0v) is 23.3. The summed E-state index contributed by atoms with van der Waals surface area (Å²) < 4.78 is 5.33. The van der Waals surface area contributed by atoms with Gasteiger partial charge in [-0.1, -0.05) is 42.0 Å². The van der Waals surface area contributed by atoms with Gasteiger partial charge in [0.25, 0.3) is 5.91 Å². The fourth-order valence-corrected chi connectivity index (χ4v) is 4.20. The lowest BCUT2D eigenvalue weighted by atomic mass is 9.95. The molecular formula is C29H41N3O4. The number of nitrogens with one attached hydrogen (secondary N) is 2. The highest BCUT2D eigenvalue weighted by atomic mass is 16.6. The van der Waals surface area contributed by atoms with E-state index < -0.39 is 23.8 Å². The van der Waals surface area contributed by atoms with Crippen molar-refractivity contribution >= 4 is 23.6 Å². The van der Waals surface area contributed by atoms with Gasteiger partial charge < -0.3 is 20.3 Å². The minimum Gasteiger partial charge on any atom is -0.444 e. The molecule has 0 fully saturated rings. The van der Waals surface area contributed by atoms with Gasteiger partial charge >= 0.3 is 6.09 Å². The topological polar surface area (TPSA) is 87.7 Å². The molecule has 0 aliphatic rings. The molecule has 0 aromatic heterocycles. The molecule has 3 amide bonds. The maximum Gasteiger partial charge on any atom is 0.408 e. The third-order valence-electron chi connectivity index (χ3n) is 5.89. The summed E-state index contributed by atoms with van der Waals surface area (Å²) in [5.41, 5.74) is 4.60. The Labute approximate surface area is 215 Å². The monoisotopic (exact) mass is 495 g/mol. The number of amides is 3. The van der Waals surface area contributed by atoms with E-state index in [1.165, 1.54) is 0 Å². The van der Waals surface area contributed by atoms with Crippen molar-refractivity contribution in [3.8, 4) is 0 Å². The van der Waals surface area contributed by atoms with Gasteiger partial charge in [0, 0.05) is 11.7 Å². The van der Waals surface area contributed by atoms with Crippen molar-refractivity contribution in [2.24, 2.45) is 0 Å². The second kappa shape index (κ2) is 11.6. The maximum absolute atomic E-state index is 13.9. The van der Waals surface area contributed by atoms with Crippen LogP contribution in [-0.2, 0) is 14.3 Å². The van der Waals surface area contributed by atoms with E-state index in [2.05, 4.69) is 10.6 Å². The number of aryl methyl sites for hydroxylation is 4. The first-order valence-corrected chi connectivity index (χ1v) is 12.4. The first-order chi connectivity index (χ1) is 16.6. The largest absolute Gasteiger partial charge is 0.444 e. The normalized spacial score (nSPS) is 13.1. The van der Waals surface area contributed by atoms with Crippen LogP contribution in [0.2, 0.25) is 0 Å². The number of para-hydroxylation sites is 1. The molecule has 196 valence electrons. The minimum absolute atomic E-state index is 0.314. The lowest BCUT2D eigenvalue weighted by Crippen LogP contribution is -2.53. The van der Waals surface area contributed by atoms with E-state index in [1.54, 1.807) is 32.6 Å². The van der Waals surface area contributed by atoms with Crippen LogP contribution < -0.4 is 10.6 Å². The van der Waals surface area contributed by atoms with Gasteiger partial charge in [0.15, 0.2) is 0 Å². The molecule has 2 aromatic carbocycles. The number of ether oxygens (including phenoxy) is 1. The average Bonchev–Trinajstić information content (AvgIpc) is 2.73. The SMILES string of the molecule is Cc1ccc(C(C(=O)Nc2c(C)cccc2C)N(C(=O)C(C)NC(=O)OC(C)(C)C)C(C)C)c(C)c1. The molecule has 0 heterocycles. The van der Waals surface area contributed by atoms with Crippen molar-refractivity contribution in [2.75, 3.05) is 5.32 Å². The van der Waals surface area contributed by atoms with Gasteiger partial charge in [-0.2, -0.15) is 0 Å². The second-order valence-electron chi connectivity index (χ2n) is 10.7. The summed E-state index contributed by atoms with van der Waals surface area (Å²) in [7, 11) is 0. The van der Waals surface area contributed by atoms with Crippen molar-refractivity contribution in [1.29, 1.82) is 0 Å². The van der Waals surface area contributed by atoms with Crippen molar-refractivity contribution in [1.82, 2.24) is 10.2 Å². The van der Waals surface area contributed by atoms with Crippen LogP contribution in [-0.4, -0.2) is 40.5 Å². The predicted molar refractivity (Wildman–Crippen MR) is 144 cm³/mol. The number of hydrogen-bond donors (Lipinski definition) is 2. The number of nitrogens with zero attached hydrogens (tertiary/aromatic N) is 1. The van der Waals surface area contributed by atoms with Crippen LogP contribution in [0.15, 0.2) is 36.4 Å². The zero-order chi connectivity index (χ0) is 27.4. The Morgan fingerprint density at radius 1 is 0.889 bits per heavy atom. The summed E-state index contributed by atoms with van der Waals surface area (Å²) >= 11 is 0. The van der Waals surface area contributed by atoms with Crippen LogP contribution in [0.1, 0.15) is 75.4 Å². The Bertz CT molecular complexity index is 1100. The number of alkyl carbamates (subject to hydrolysis) is 1. The van der Waals surface area contributed by atoms with Crippen molar-refractivity contribution in [2.45, 2.75) is 93.0 Å². The predicted octanol–water partition coefficient (Wildman–Crippen LogP) is 5.75. The number of rotatable bonds is 7. The van der Waals surface area contributed by atoms with Crippen LogP contribution >= 0.6 is 0 Å². The lowest BCUT2D eigenvalue weighted by molar-refractivity contribution is -0.142. The molecular weight excluding hydrogens is 454 g/mol. The summed E-state index contributed by atoms with van der Waals surface area (Å²) in [6.07, 6.45) is -0.685. The Morgan fingerprint density at radius 3 is 1.97 bits per heavy atom.